The molecule has 0 fully saturated rings. The lowest BCUT2D eigenvalue weighted by Gasteiger charge is -2.08. The SMILES string of the molecule is Cc1ccc(C#CCN)cc1NC(=O)c1cc(Br)sc1Br. The maximum absolute atomic E-state index is 12.3. The maximum atomic E-state index is 12.3. The van der Waals surface area contributed by atoms with Crippen LogP contribution < -0.4 is 11.1 Å². The first-order valence-corrected chi connectivity index (χ1v) is 8.47. The average molecular weight is 428 g/mol. The van der Waals surface area contributed by atoms with Crippen LogP contribution in [0.5, 0.6) is 0 Å². The second kappa shape index (κ2) is 7.23. The zero-order valence-corrected chi connectivity index (χ0v) is 15.2. The second-order valence-electron chi connectivity index (χ2n) is 4.23. The summed E-state index contributed by atoms with van der Waals surface area (Å²) >= 11 is 8.22. The van der Waals surface area contributed by atoms with Crippen LogP contribution >= 0.6 is 43.2 Å². The van der Waals surface area contributed by atoms with Crippen molar-refractivity contribution >= 4 is 54.8 Å². The number of aryl methyl sites for hydroxylation is 1. The summed E-state index contributed by atoms with van der Waals surface area (Å²) in [5.74, 6) is 5.60. The van der Waals surface area contributed by atoms with Crippen molar-refractivity contribution in [3.8, 4) is 11.8 Å². The van der Waals surface area contributed by atoms with E-state index < -0.39 is 0 Å². The Hall–Kier alpha value is -1.13. The van der Waals surface area contributed by atoms with Crippen molar-refractivity contribution in [3.05, 3.63) is 48.5 Å². The van der Waals surface area contributed by atoms with Gasteiger partial charge in [-0.3, -0.25) is 4.79 Å². The molecular weight excluding hydrogens is 416 g/mol. The molecule has 6 heteroatoms. The van der Waals surface area contributed by atoms with Gasteiger partial charge in [0.15, 0.2) is 0 Å². The molecule has 0 aliphatic carbocycles. The molecule has 3 N–H and O–H groups in total. The van der Waals surface area contributed by atoms with Crippen LogP contribution in [0.25, 0.3) is 0 Å². The highest BCUT2D eigenvalue weighted by molar-refractivity contribution is 9.12. The largest absolute Gasteiger partial charge is 0.322 e. The van der Waals surface area contributed by atoms with Crippen molar-refractivity contribution in [1.29, 1.82) is 0 Å². The summed E-state index contributed by atoms with van der Waals surface area (Å²) in [6, 6.07) is 7.47. The summed E-state index contributed by atoms with van der Waals surface area (Å²) in [5, 5.41) is 2.92. The second-order valence-corrected chi connectivity index (χ2v) is 7.98. The topological polar surface area (TPSA) is 55.1 Å². The molecule has 108 valence electrons. The fourth-order valence-electron chi connectivity index (χ4n) is 1.67. The van der Waals surface area contributed by atoms with E-state index in [0.717, 1.165) is 24.4 Å². The Kier molecular flexibility index (Phi) is 5.59. The molecule has 0 bridgehead atoms. The third kappa shape index (κ3) is 4.17. The fourth-order valence-corrected chi connectivity index (χ4v) is 4.47. The molecule has 0 saturated heterocycles. The minimum absolute atomic E-state index is 0.157. The molecule has 2 rings (SSSR count). The first-order chi connectivity index (χ1) is 10.0. The molecule has 0 aliphatic heterocycles. The molecule has 3 nitrogen and oxygen atoms in total. The lowest BCUT2D eigenvalue weighted by molar-refractivity contribution is 0.102. The predicted molar refractivity (Wildman–Crippen MR) is 94.8 cm³/mol. The van der Waals surface area contributed by atoms with E-state index in [1.165, 1.54) is 11.3 Å². The van der Waals surface area contributed by atoms with Crippen LogP contribution in [0.15, 0.2) is 31.8 Å². The van der Waals surface area contributed by atoms with Gasteiger partial charge in [0.25, 0.3) is 5.91 Å². The van der Waals surface area contributed by atoms with Gasteiger partial charge in [0.05, 0.1) is 19.7 Å². The van der Waals surface area contributed by atoms with E-state index >= 15 is 0 Å². The Morgan fingerprint density at radius 3 is 2.76 bits per heavy atom. The van der Waals surface area contributed by atoms with E-state index in [9.17, 15) is 4.79 Å². The van der Waals surface area contributed by atoms with Crippen molar-refractivity contribution in [3.63, 3.8) is 0 Å². The highest BCUT2D eigenvalue weighted by Crippen LogP contribution is 2.32. The molecule has 0 spiro atoms. The van der Waals surface area contributed by atoms with E-state index in [-0.39, 0.29) is 5.91 Å². The molecule has 1 aromatic carbocycles. The standard InChI is InChI=1S/C15H12Br2N2OS/c1-9-4-5-10(3-2-6-18)7-12(9)19-15(20)11-8-13(16)21-14(11)17/h4-5,7-8H,6,18H2,1H3,(H,19,20). The van der Waals surface area contributed by atoms with E-state index in [0.29, 0.717) is 12.1 Å². The van der Waals surface area contributed by atoms with Crippen LogP contribution in [0.3, 0.4) is 0 Å². The van der Waals surface area contributed by atoms with Crippen LogP contribution in [-0.4, -0.2) is 12.5 Å². The van der Waals surface area contributed by atoms with Gasteiger partial charge in [0, 0.05) is 11.3 Å². The summed E-state index contributed by atoms with van der Waals surface area (Å²) < 4.78 is 1.70. The fraction of sp³-hybridized carbons (Fsp3) is 0.133. The van der Waals surface area contributed by atoms with Crippen LogP contribution in [0.1, 0.15) is 21.5 Å². The third-order valence-electron chi connectivity index (χ3n) is 2.72. The number of amides is 1. The van der Waals surface area contributed by atoms with Gasteiger partial charge in [-0.25, -0.2) is 0 Å². The number of carbonyl (C=O) groups excluding carboxylic acids is 1. The predicted octanol–water partition coefficient (Wildman–Crippen LogP) is 4.14. The van der Waals surface area contributed by atoms with Crippen molar-refractivity contribution < 1.29 is 4.79 Å². The lowest BCUT2D eigenvalue weighted by atomic mass is 10.1. The normalized spacial score (nSPS) is 9.90. The third-order valence-corrected chi connectivity index (χ3v) is 5.06. The van der Waals surface area contributed by atoms with E-state index in [1.807, 2.05) is 25.1 Å². The monoisotopic (exact) mass is 426 g/mol. The van der Waals surface area contributed by atoms with Crippen LogP contribution in [0, 0.1) is 18.8 Å². The molecule has 0 atom stereocenters. The van der Waals surface area contributed by atoms with Crippen LogP contribution in [0.4, 0.5) is 5.69 Å². The number of nitrogens with one attached hydrogen (secondary N) is 1. The molecule has 1 amide bonds. The average Bonchev–Trinajstić information content (AvgIpc) is 2.78. The summed E-state index contributed by atoms with van der Waals surface area (Å²) in [5.41, 5.74) is 8.52. The molecule has 0 radical (unpaired) electrons. The number of hydrogen-bond donors (Lipinski definition) is 2. The van der Waals surface area contributed by atoms with Crippen molar-refractivity contribution in [2.75, 3.05) is 11.9 Å². The number of nitrogens with two attached hydrogens (primary N) is 1. The minimum Gasteiger partial charge on any atom is -0.322 e. The van der Waals surface area contributed by atoms with Gasteiger partial charge in [0.1, 0.15) is 0 Å². The summed E-state index contributed by atoms with van der Waals surface area (Å²) in [7, 11) is 0. The minimum atomic E-state index is -0.157. The first kappa shape index (κ1) is 16.2. The van der Waals surface area contributed by atoms with Crippen LogP contribution in [-0.2, 0) is 0 Å². The summed E-state index contributed by atoms with van der Waals surface area (Å²) in [6.45, 7) is 2.25. The molecule has 21 heavy (non-hydrogen) atoms. The highest BCUT2D eigenvalue weighted by atomic mass is 79.9. The van der Waals surface area contributed by atoms with Gasteiger partial charge in [0.2, 0.25) is 0 Å². The number of rotatable bonds is 2. The maximum Gasteiger partial charge on any atom is 0.257 e. The smallest absolute Gasteiger partial charge is 0.257 e. The number of hydrogen-bond acceptors (Lipinski definition) is 3. The molecule has 1 heterocycles. The van der Waals surface area contributed by atoms with Gasteiger partial charge in [-0.05, 0) is 62.5 Å². The van der Waals surface area contributed by atoms with Crippen molar-refractivity contribution in [1.82, 2.24) is 0 Å². The van der Waals surface area contributed by atoms with Gasteiger partial charge >= 0.3 is 0 Å². The number of carbonyl (C=O) groups is 1. The van der Waals surface area contributed by atoms with E-state index in [4.69, 9.17) is 5.73 Å². The molecule has 1 aromatic heterocycles. The Labute approximate surface area is 144 Å². The first-order valence-electron chi connectivity index (χ1n) is 6.07. The van der Waals surface area contributed by atoms with Crippen molar-refractivity contribution in [2.45, 2.75) is 6.92 Å². The van der Waals surface area contributed by atoms with E-state index in [2.05, 4.69) is 49.0 Å². The molecule has 2 aromatic rings. The zero-order valence-electron chi connectivity index (χ0n) is 11.2. The number of halogens is 2. The molecule has 0 unspecified atom stereocenters. The van der Waals surface area contributed by atoms with E-state index in [1.54, 1.807) is 6.07 Å². The quantitative estimate of drug-likeness (QED) is 0.707. The molecule has 0 saturated carbocycles. The van der Waals surface area contributed by atoms with Gasteiger partial charge < -0.3 is 11.1 Å². The Balaban J connectivity index is 2.26. The summed E-state index contributed by atoms with van der Waals surface area (Å²) in [4.78, 5) is 12.3. The number of anilines is 1. The Bertz CT molecular complexity index is 744. The Morgan fingerprint density at radius 1 is 1.38 bits per heavy atom. The lowest BCUT2D eigenvalue weighted by Crippen LogP contribution is -2.12. The zero-order chi connectivity index (χ0) is 15.4. The number of benzene rings is 1. The van der Waals surface area contributed by atoms with Crippen molar-refractivity contribution in [2.24, 2.45) is 5.73 Å². The molecule has 0 aliphatic rings. The van der Waals surface area contributed by atoms with Gasteiger partial charge in [-0.1, -0.05) is 17.9 Å². The Morgan fingerprint density at radius 2 is 2.14 bits per heavy atom. The molecular formula is C15H12Br2N2OS. The van der Waals surface area contributed by atoms with Crippen LogP contribution in [0.2, 0.25) is 0 Å². The highest BCUT2D eigenvalue weighted by Gasteiger charge is 2.14. The summed E-state index contributed by atoms with van der Waals surface area (Å²) in [6.07, 6.45) is 0. The van der Waals surface area contributed by atoms with Gasteiger partial charge in [-0.2, -0.15) is 0 Å². The van der Waals surface area contributed by atoms with Gasteiger partial charge in [-0.15, -0.1) is 11.3 Å². The number of thiophene rings is 1.